The first-order chi connectivity index (χ1) is 6.95. The van der Waals surface area contributed by atoms with Crippen molar-refractivity contribution in [3.05, 3.63) is 0 Å². The highest BCUT2D eigenvalue weighted by atomic mass is 16.3. The van der Waals surface area contributed by atoms with Crippen LogP contribution in [-0.2, 0) is 0 Å². The molecule has 0 aromatic rings. The SMILES string of the molecule is CCC1CCCC(CCO)(C(C)(C)N)C1. The minimum atomic E-state index is -0.163. The molecular formula is C13H27NO. The van der Waals surface area contributed by atoms with Crippen LogP contribution in [0.5, 0.6) is 0 Å². The Bertz CT molecular complexity index is 193. The topological polar surface area (TPSA) is 46.2 Å². The fourth-order valence-electron chi connectivity index (χ4n) is 3.18. The summed E-state index contributed by atoms with van der Waals surface area (Å²) in [6, 6.07) is 0. The van der Waals surface area contributed by atoms with Crippen LogP contribution in [0, 0.1) is 11.3 Å². The maximum atomic E-state index is 9.25. The molecule has 1 aliphatic carbocycles. The molecule has 0 bridgehead atoms. The molecule has 2 unspecified atom stereocenters. The summed E-state index contributed by atoms with van der Waals surface area (Å²) >= 11 is 0. The molecule has 1 rings (SSSR count). The van der Waals surface area contributed by atoms with Gasteiger partial charge in [-0.15, -0.1) is 0 Å². The van der Waals surface area contributed by atoms with Gasteiger partial charge in [-0.1, -0.05) is 26.2 Å². The highest BCUT2D eigenvalue weighted by Gasteiger charge is 2.44. The fourth-order valence-corrected chi connectivity index (χ4v) is 3.18. The van der Waals surface area contributed by atoms with Crippen LogP contribution in [-0.4, -0.2) is 17.3 Å². The normalized spacial score (nSPS) is 33.0. The van der Waals surface area contributed by atoms with Gasteiger partial charge in [0.05, 0.1) is 0 Å². The molecule has 0 saturated heterocycles. The molecule has 1 saturated carbocycles. The van der Waals surface area contributed by atoms with E-state index >= 15 is 0 Å². The van der Waals surface area contributed by atoms with Gasteiger partial charge >= 0.3 is 0 Å². The Morgan fingerprint density at radius 3 is 2.60 bits per heavy atom. The Labute approximate surface area is 94.2 Å². The van der Waals surface area contributed by atoms with Gasteiger partial charge in [0.15, 0.2) is 0 Å². The zero-order chi connectivity index (χ0) is 11.5. The summed E-state index contributed by atoms with van der Waals surface area (Å²) in [6.07, 6.45) is 7.14. The highest BCUT2D eigenvalue weighted by Crippen LogP contribution is 2.48. The zero-order valence-corrected chi connectivity index (χ0v) is 10.6. The first kappa shape index (κ1) is 13.0. The van der Waals surface area contributed by atoms with Crippen molar-refractivity contribution in [3.8, 4) is 0 Å². The Balaban J connectivity index is 2.80. The van der Waals surface area contributed by atoms with Gasteiger partial charge in [-0.05, 0) is 44.4 Å². The molecule has 1 fully saturated rings. The van der Waals surface area contributed by atoms with Crippen LogP contribution in [0.25, 0.3) is 0 Å². The molecule has 3 N–H and O–H groups in total. The van der Waals surface area contributed by atoms with Crippen molar-refractivity contribution >= 4 is 0 Å². The molecule has 0 aromatic heterocycles. The van der Waals surface area contributed by atoms with Crippen LogP contribution >= 0.6 is 0 Å². The van der Waals surface area contributed by atoms with E-state index in [4.69, 9.17) is 5.73 Å². The molecule has 0 aromatic carbocycles. The lowest BCUT2D eigenvalue weighted by molar-refractivity contribution is 0.0301. The fraction of sp³-hybridized carbons (Fsp3) is 1.00. The van der Waals surface area contributed by atoms with E-state index in [9.17, 15) is 5.11 Å². The average Bonchev–Trinajstić information content (AvgIpc) is 2.17. The third kappa shape index (κ3) is 2.73. The Morgan fingerprint density at radius 2 is 2.13 bits per heavy atom. The summed E-state index contributed by atoms with van der Waals surface area (Å²) < 4.78 is 0. The van der Waals surface area contributed by atoms with Crippen LogP contribution in [0.3, 0.4) is 0 Å². The molecule has 0 spiro atoms. The summed E-state index contributed by atoms with van der Waals surface area (Å²) in [4.78, 5) is 0. The van der Waals surface area contributed by atoms with Crippen LogP contribution in [0.1, 0.15) is 59.3 Å². The third-order valence-corrected chi connectivity index (χ3v) is 4.48. The molecule has 0 radical (unpaired) electrons. The van der Waals surface area contributed by atoms with E-state index in [0.717, 1.165) is 12.3 Å². The van der Waals surface area contributed by atoms with Crippen LogP contribution in [0.15, 0.2) is 0 Å². The Hall–Kier alpha value is -0.0800. The second-order valence-corrected chi connectivity index (χ2v) is 5.85. The lowest BCUT2D eigenvalue weighted by Gasteiger charge is -2.49. The van der Waals surface area contributed by atoms with E-state index in [1.165, 1.54) is 32.1 Å². The van der Waals surface area contributed by atoms with Crippen molar-refractivity contribution < 1.29 is 5.11 Å². The second-order valence-electron chi connectivity index (χ2n) is 5.85. The Morgan fingerprint density at radius 1 is 1.47 bits per heavy atom. The highest BCUT2D eigenvalue weighted by molar-refractivity contribution is 4.99. The molecular weight excluding hydrogens is 186 g/mol. The standard InChI is InChI=1S/C13H27NO/c1-4-11-6-5-7-13(10-11,8-9-15)12(2,3)14/h11,15H,4-10,14H2,1-3H3. The summed E-state index contributed by atoms with van der Waals surface area (Å²) in [6.45, 7) is 6.79. The second kappa shape index (κ2) is 4.84. The van der Waals surface area contributed by atoms with Crippen LogP contribution in [0.4, 0.5) is 0 Å². The van der Waals surface area contributed by atoms with Crippen molar-refractivity contribution in [2.45, 2.75) is 64.8 Å². The van der Waals surface area contributed by atoms with Gasteiger partial charge in [0.2, 0.25) is 0 Å². The quantitative estimate of drug-likeness (QED) is 0.754. The Kier molecular flexibility index (Phi) is 4.19. The van der Waals surface area contributed by atoms with Gasteiger partial charge in [0.25, 0.3) is 0 Å². The van der Waals surface area contributed by atoms with Gasteiger partial charge in [-0.2, -0.15) is 0 Å². The van der Waals surface area contributed by atoms with Crippen LogP contribution in [0.2, 0.25) is 0 Å². The number of rotatable bonds is 4. The molecule has 2 atom stereocenters. The predicted octanol–water partition coefficient (Wildman–Crippen LogP) is 2.69. The number of aliphatic hydroxyl groups is 1. The molecule has 0 aliphatic heterocycles. The number of nitrogens with two attached hydrogens (primary N) is 1. The van der Waals surface area contributed by atoms with Crippen molar-refractivity contribution in [3.63, 3.8) is 0 Å². The molecule has 90 valence electrons. The van der Waals surface area contributed by atoms with E-state index in [1.54, 1.807) is 0 Å². The molecule has 1 aliphatic rings. The maximum absolute atomic E-state index is 9.25. The van der Waals surface area contributed by atoms with Gasteiger partial charge in [0.1, 0.15) is 0 Å². The van der Waals surface area contributed by atoms with E-state index in [1.807, 2.05) is 0 Å². The summed E-state index contributed by atoms with van der Waals surface area (Å²) in [5.74, 6) is 0.813. The van der Waals surface area contributed by atoms with Crippen LogP contribution < -0.4 is 5.73 Å². The van der Waals surface area contributed by atoms with E-state index < -0.39 is 0 Å². The molecule has 0 amide bonds. The summed E-state index contributed by atoms with van der Waals surface area (Å²) in [7, 11) is 0. The molecule has 2 nitrogen and oxygen atoms in total. The van der Waals surface area contributed by atoms with Gasteiger partial charge in [-0.3, -0.25) is 0 Å². The van der Waals surface area contributed by atoms with Crippen molar-refractivity contribution in [1.29, 1.82) is 0 Å². The first-order valence-electron chi connectivity index (χ1n) is 6.35. The maximum Gasteiger partial charge on any atom is 0.0437 e. The van der Waals surface area contributed by atoms with E-state index in [-0.39, 0.29) is 17.6 Å². The predicted molar refractivity (Wildman–Crippen MR) is 64.7 cm³/mol. The van der Waals surface area contributed by atoms with E-state index in [0.29, 0.717) is 0 Å². The minimum Gasteiger partial charge on any atom is -0.396 e. The molecule has 0 heterocycles. The zero-order valence-electron chi connectivity index (χ0n) is 10.6. The van der Waals surface area contributed by atoms with Gasteiger partial charge in [-0.25, -0.2) is 0 Å². The number of hydrogen-bond acceptors (Lipinski definition) is 2. The summed E-state index contributed by atoms with van der Waals surface area (Å²) in [5.41, 5.74) is 6.34. The molecule has 15 heavy (non-hydrogen) atoms. The first-order valence-corrected chi connectivity index (χ1v) is 6.35. The smallest absolute Gasteiger partial charge is 0.0437 e. The van der Waals surface area contributed by atoms with Crippen molar-refractivity contribution in [1.82, 2.24) is 0 Å². The lowest BCUT2D eigenvalue weighted by atomic mass is 9.59. The number of hydrogen-bond donors (Lipinski definition) is 2. The minimum absolute atomic E-state index is 0.163. The number of aliphatic hydroxyl groups excluding tert-OH is 1. The largest absolute Gasteiger partial charge is 0.396 e. The van der Waals surface area contributed by atoms with Crippen molar-refractivity contribution in [2.75, 3.05) is 6.61 Å². The van der Waals surface area contributed by atoms with Crippen molar-refractivity contribution in [2.24, 2.45) is 17.1 Å². The van der Waals surface area contributed by atoms with Gasteiger partial charge in [0, 0.05) is 12.1 Å². The monoisotopic (exact) mass is 213 g/mol. The average molecular weight is 213 g/mol. The summed E-state index contributed by atoms with van der Waals surface area (Å²) in [5, 5.41) is 9.25. The molecule has 2 heteroatoms. The third-order valence-electron chi connectivity index (χ3n) is 4.48. The lowest BCUT2D eigenvalue weighted by Crippen LogP contribution is -2.53. The van der Waals surface area contributed by atoms with E-state index in [2.05, 4.69) is 20.8 Å². The van der Waals surface area contributed by atoms with Gasteiger partial charge < -0.3 is 10.8 Å².